The first kappa shape index (κ1) is 14.8. The Hall–Kier alpha value is -1.11. The number of hydrogen-bond acceptors (Lipinski definition) is 4. The Morgan fingerprint density at radius 3 is 2.62 bits per heavy atom. The van der Waals surface area contributed by atoms with Gasteiger partial charge in [-0.2, -0.15) is 0 Å². The van der Waals surface area contributed by atoms with Crippen LogP contribution >= 0.6 is 0 Å². The highest BCUT2D eigenvalue weighted by Crippen LogP contribution is 2.35. The van der Waals surface area contributed by atoms with Crippen LogP contribution in [0.4, 0.5) is 5.69 Å². The van der Waals surface area contributed by atoms with Crippen molar-refractivity contribution in [1.82, 2.24) is 4.72 Å². The minimum atomic E-state index is -3.47. The molecular weight excluding hydrogens is 288 g/mol. The fourth-order valence-electron chi connectivity index (χ4n) is 2.89. The molecule has 1 saturated heterocycles. The fraction of sp³-hybridized carbons (Fsp3) is 0.600. The molecule has 116 valence electrons. The Bertz CT molecular complexity index is 620. The Morgan fingerprint density at radius 2 is 2.00 bits per heavy atom. The summed E-state index contributed by atoms with van der Waals surface area (Å²) >= 11 is 0. The number of hydrogen-bond donors (Lipinski definition) is 2. The lowest BCUT2D eigenvalue weighted by atomic mass is 9.89. The predicted octanol–water partition coefficient (Wildman–Crippen LogP) is 1.48. The smallest absolute Gasteiger partial charge is 0.242 e. The molecule has 0 unspecified atom stereocenters. The Morgan fingerprint density at radius 1 is 1.33 bits per heavy atom. The molecule has 3 rings (SSSR count). The SMILES string of the molecule is CCCC1(O)CN(c2ccccc2S(=O)(=O)NC2CC2)C1. The first-order valence-electron chi connectivity index (χ1n) is 7.52. The van der Waals surface area contributed by atoms with Crippen LogP contribution in [0.25, 0.3) is 0 Å². The van der Waals surface area contributed by atoms with Crippen molar-refractivity contribution >= 4 is 15.7 Å². The molecule has 0 aromatic heterocycles. The molecular formula is C15H22N2O3S. The van der Waals surface area contributed by atoms with Crippen molar-refractivity contribution < 1.29 is 13.5 Å². The third-order valence-electron chi connectivity index (χ3n) is 4.08. The van der Waals surface area contributed by atoms with Gasteiger partial charge < -0.3 is 10.0 Å². The lowest BCUT2D eigenvalue weighted by molar-refractivity contribution is 0.00310. The summed E-state index contributed by atoms with van der Waals surface area (Å²) in [5, 5.41) is 10.3. The summed E-state index contributed by atoms with van der Waals surface area (Å²) in [7, 11) is -3.47. The molecule has 0 spiro atoms. The molecule has 6 heteroatoms. The van der Waals surface area contributed by atoms with E-state index >= 15 is 0 Å². The van der Waals surface area contributed by atoms with E-state index in [-0.39, 0.29) is 6.04 Å². The molecule has 1 aromatic carbocycles. The Kier molecular flexibility index (Phi) is 3.71. The van der Waals surface area contributed by atoms with Crippen LogP contribution in [-0.4, -0.2) is 38.3 Å². The average molecular weight is 310 g/mol. The number of benzene rings is 1. The van der Waals surface area contributed by atoms with E-state index in [1.54, 1.807) is 12.1 Å². The normalized spacial score (nSPS) is 21.1. The van der Waals surface area contributed by atoms with E-state index in [0.717, 1.165) is 25.7 Å². The first-order valence-corrected chi connectivity index (χ1v) is 9.00. The van der Waals surface area contributed by atoms with Crippen LogP contribution in [0.5, 0.6) is 0 Å². The second kappa shape index (κ2) is 5.26. The second-order valence-electron chi connectivity index (χ2n) is 6.19. The quantitative estimate of drug-likeness (QED) is 0.835. The fourth-order valence-corrected chi connectivity index (χ4v) is 4.42. The van der Waals surface area contributed by atoms with Crippen LogP contribution in [0.2, 0.25) is 0 Å². The van der Waals surface area contributed by atoms with Crippen LogP contribution < -0.4 is 9.62 Å². The summed E-state index contributed by atoms with van der Waals surface area (Å²) in [5.41, 5.74) is 0.0154. The van der Waals surface area contributed by atoms with Crippen molar-refractivity contribution in [2.75, 3.05) is 18.0 Å². The number of nitrogens with one attached hydrogen (secondary N) is 1. The van der Waals surface area contributed by atoms with Gasteiger partial charge in [0.1, 0.15) is 4.90 Å². The molecule has 21 heavy (non-hydrogen) atoms. The van der Waals surface area contributed by atoms with E-state index in [0.29, 0.717) is 23.7 Å². The highest BCUT2D eigenvalue weighted by atomic mass is 32.2. The molecule has 0 atom stereocenters. The summed E-state index contributed by atoms with van der Waals surface area (Å²) in [6, 6.07) is 7.12. The van der Waals surface area contributed by atoms with Crippen LogP contribution in [0, 0.1) is 0 Å². The lowest BCUT2D eigenvalue weighted by Crippen LogP contribution is -2.62. The molecule has 2 N–H and O–H groups in total. The van der Waals surface area contributed by atoms with Gasteiger partial charge in [0, 0.05) is 19.1 Å². The molecule has 0 amide bonds. The minimum Gasteiger partial charge on any atom is -0.386 e. The number of sulfonamides is 1. The second-order valence-corrected chi connectivity index (χ2v) is 7.88. The highest BCUT2D eigenvalue weighted by molar-refractivity contribution is 7.89. The average Bonchev–Trinajstić information content (AvgIpc) is 3.19. The highest BCUT2D eigenvalue weighted by Gasteiger charge is 2.42. The van der Waals surface area contributed by atoms with Gasteiger partial charge in [-0.1, -0.05) is 25.5 Å². The number of nitrogens with zero attached hydrogens (tertiary/aromatic N) is 1. The summed E-state index contributed by atoms with van der Waals surface area (Å²) in [6.45, 7) is 3.03. The van der Waals surface area contributed by atoms with Crippen molar-refractivity contribution in [3.63, 3.8) is 0 Å². The summed E-state index contributed by atoms with van der Waals surface area (Å²) in [4.78, 5) is 2.26. The maximum Gasteiger partial charge on any atom is 0.242 e. The van der Waals surface area contributed by atoms with E-state index < -0.39 is 15.6 Å². The maximum absolute atomic E-state index is 12.4. The summed E-state index contributed by atoms with van der Waals surface area (Å²) in [6.07, 6.45) is 3.51. The van der Waals surface area contributed by atoms with Crippen molar-refractivity contribution in [3.8, 4) is 0 Å². The van der Waals surface area contributed by atoms with Crippen molar-refractivity contribution in [1.29, 1.82) is 0 Å². The molecule has 1 aliphatic heterocycles. The third kappa shape index (κ3) is 3.07. The Labute approximate surface area is 126 Å². The monoisotopic (exact) mass is 310 g/mol. The van der Waals surface area contributed by atoms with E-state index in [4.69, 9.17) is 0 Å². The minimum absolute atomic E-state index is 0.0940. The van der Waals surface area contributed by atoms with Crippen molar-refractivity contribution in [2.24, 2.45) is 0 Å². The molecule has 5 nitrogen and oxygen atoms in total. The number of β-amino-alcohol motifs (C(OH)–C–C–N with tert-alkyl or cyclic N) is 1. The van der Waals surface area contributed by atoms with Gasteiger partial charge in [0.2, 0.25) is 10.0 Å². The number of aliphatic hydroxyl groups is 1. The molecule has 0 radical (unpaired) electrons. The molecule has 2 fully saturated rings. The van der Waals surface area contributed by atoms with Gasteiger partial charge in [-0.15, -0.1) is 0 Å². The summed E-state index contributed by atoms with van der Waals surface area (Å²) < 4.78 is 27.6. The number of anilines is 1. The van der Waals surface area contributed by atoms with Crippen LogP contribution in [0.3, 0.4) is 0 Å². The molecule has 1 aliphatic carbocycles. The van der Waals surface area contributed by atoms with Gasteiger partial charge in [-0.05, 0) is 31.4 Å². The first-order chi connectivity index (χ1) is 9.93. The Balaban J connectivity index is 1.81. The van der Waals surface area contributed by atoms with E-state index in [1.165, 1.54) is 0 Å². The number of rotatable bonds is 6. The van der Waals surface area contributed by atoms with Gasteiger partial charge in [-0.3, -0.25) is 0 Å². The van der Waals surface area contributed by atoms with E-state index in [9.17, 15) is 13.5 Å². The standard InChI is InChI=1S/C15H22N2O3S/c1-2-9-15(18)10-17(11-15)13-5-3-4-6-14(13)21(19,20)16-12-7-8-12/h3-6,12,16,18H,2,7-11H2,1H3. The largest absolute Gasteiger partial charge is 0.386 e. The number of para-hydroxylation sites is 1. The lowest BCUT2D eigenvalue weighted by Gasteiger charge is -2.48. The summed E-state index contributed by atoms with van der Waals surface area (Å²) in [5.74, 6) is 0. The topological polar surface area (TPSA) is 69.6 Å². The van der Waals surface area contributed by atoms with Crippen molar-refractivity contribution in [3.05, 3.63) is 24.3 Å². The van der Waals surface area contributed by atoms with Crippen LogP contribution in [0.1, 0.15) is 32.6 Å². The zero-order chi connectivity index (χ0) is 15.1. The van der Waals surface area contributed by atoms with Gasteiger partial charge in [0.05, 0.1) is 11.3 Å². The van der Waals surface area contributed by atoms with Crippen LogP contribution in [0.15, 0.2) is 29.2 Å². The third-order valence-corrected chi connectivity index (χ3v) is 5.65. The van der Waals surface area contributed by atoms with Gasteiger partial charge in [-0.25, -0.2) is 13.1 Å². The molecule has 2 aliphatic rings. The molecule has 0 bridgehead atoms. The molecule has 1 heterocycles. The van der Waals surface area contributed by atoms with Gasteiger partial charge >= 0.3 is 0 Å². The predicted molar refractivity (Wildman–Crippen MR) is 81.9 cm³/mol. The molecule has 1 saturated carbocycles. The zero-order valence-corrected chi connectivity index (χ0v) is 13.1. The van der Waals surface area contributed by atoms with Gasteiger partial charge in [0.15, 0.2) is 0 Å². The zero-order valence-electron chi connectivity index (χ0n) is 12.2. The van der Waals surface area contributed by atoms with Crippen molar-refractivity contribution in [2.45, 2.75) is 49.1 Å². The van der Waals surface area contributed by atoms with Crippen LogP contribution in [-0.2, 0) is 10.0 Å². The van der Waals surface area contributed by atoms with Gasteiger partial charge in [0.25, 0.3) is 0 Å². The molecule has 1 aromatic rings. The maximum atomic E-state index is 12.4. The van der Waals surface area contributed by atoms with E-state index in [1.807, 2.05) is 24.0 Å². The van der Waals surface area contributed by atoms with E-state index in [2.05, 4.69) is 4.72 Å².